The third-order valence-corrected chi connectivity index (χ3v) is 3.43. The molecule has 0 fully saturated rings. The highest BCUT2D eigenvalue weighted by Gasteiger charge is 2.11. The number of furan rings is 1. The lowest BCUT2D eigenvalue weighted by atomic mass is 10.1. The lowest BCUT2D eigenvalue weighted by Gasteiger charge is -2.10. The zero-order chi connectivity index (χ0) is 15.1. The predicted octanol–water partition coefficient (Wildman–Crippen LogP) is 2.52. The van der Waals surface area contributed by atoms with E-state index in [0.29, 0.717) is 11.6 Å². The number of rotatable bonds is 8. The molecule has 0 unspecified atom stereocenters. The molecule has 0 aliphatic rings. The van der Waals surface area contributed by atoms with Gasteiger partial charge in [0.05, 0.1) is 12.9 Å². The van der Waals surface area contributed by atoms with E-state index in [4.69, 9.17) is 9.15 Å². The van der Waals surface area contributed by atoms with Crippen molar-refractivity contribution in [2.24, 2.45) is 0 Å². The molecule has 0 aliphatic heterocycles. The van der Waals surface area contributed by atoms with Crippen LogP contribution in [0.3, 0.4) is 0 Å². The summed E-state index contributed by atoms with van der Waals surface area (Å²) in [5, 5.41) is 3.35. The number of nitrogens with one attached hydrogen (secondary N) is 1. The Morgan fingerprint density at radius 3 is 2.57 bits per heavy atom. The first-order chi connectivity index (χ1) is 10.2. The van der Waals surface area contributed by atoms with E-state index in [1.165, 1.54) is 5.56 Å². The first-order valence-electron chi connectivity index (χ1n) is 7.30. The number of aryl methyl sites for hydroxylation is 2. The van der Waals surface area contributed by atoms with Crippen molar-refractivity contribution in [2.75, 3.05) is 26.8 Å². The summed E-state index contributed by atoms with van der Waals surface area (Å²) in [6.07, 6.45) is 3.69. The fourth-order valence-corrected chi connectivity index (χ4v) is 2.31. The van der Waals surface area contributed by atoms with Gasteiger partial charge in [0.2, 0.25) is 0 Å². The molecule has 0 atom stereocenters. The van der Waals surface area contributed by atoms with Crippen LogP contribution in [0.5, 0.6) is 0 Å². The fourth-order valence-electron chi connectivity index (χ4n) is 2.31. The van der Waals surface area contributed by atoms with E-state index in [2.05, 4.69) is 15.3 Å². The molecule has 2 aromatic rings. The Bertz CT molecular complexity index is 530. The molecule has 1 N–H and O–H groups in total. The summed E-state index contributed by atoms with van der Waals surface area (Å²) in [6.45, 7) is 6.69. The second kappa shape index (κ2) is 7.90. The first-order valence-corrected chi connectivity index (χ1v) is 7.30. The van der Waals surface area contributed by atoms with Crippen LogP contribution in [0.4, 0.5) is 0 Å². The van der Waals surface area contributed by atoms with E-state index < -0.39 is 0 Å². The normalized spacial score (nSPS) is 11.0. The zero-order valence-electron chi connectivity index (χ0n) is 13.0. The minimum absolute atomic E-state index is 0.664. The summed E-state index contributed by atoms with van der Waals surface area (Å²) < 4.78 is 10.4. The van der Waals surface area contributed by atoms with E-state index in [1.54, 1.807) is 13.4 Å². The summed E-state index contributed by atoms with van der Waals surface area (Å²) in [7, 11) is 1.71. The van der Waals surface area contributed by atoms with Crippen LogP contribution in [0.1, 0.15) is 23.4 Å². The van der Waals surface area contributed by atoms with Crippen molar-refractivity contribution in [1.82, 2.24) is 15.3 Å². The van der Waals surface area contributed by atoms with Crippen LogP contribution in [0.25, 0.3) is 11.6 Å². The number of ether oxygens (including phenoxy) is 1. The maximum atomic E-state index is 5.36. The van der Waals surface area contributed by atoms with Crippen LogP contribution < -0.4 is 5.32 Å². The van der Waals surface area contributed by atoms with Gasteiger partial charge in [-0.3, -0.25) is 0 Å². The third kappa shape index (κ3) is 4.37. The molecule has 0 saturated heterocycles. The lowest BCUT2D eigenvalue weighted by molar-refractivity contribution is 0.199. The molecule has 0 aromatic carbocycles. The number of hydrogen-bond donors (Lipinski definition) is 1. The topological polar surface area (TPSA) is 60.2 Å². The van der Waals surface area contributed by atoms with Gasteiger partial charge in [-0.2, -0.15) is 0 Å². The highest BCUT2D eigenvalue weighted by atomic mass is 16.5. The van der Waals surface area contributed by atoms with Crippen LogP contribution >= 0.6 is 0 Å². The van der Waals surface area contributed by atoms with E-state index in [9.17, 15) is 0 Å². The van der Waals surface area contributed by atoms with Crippen LogP contribution in [0, 0.1) is 13.8 Å². The molecule has 114 valence electrons. The summed E-state index contributed by atoms with van der Waals surface area (Å²) >= 11 is 0. The number of hydrogen-bond acceptors (Lipinski definition) is 5. The van der Waals surface area contributed by atoms with Crippen LogP contribution in [0.15, 0.2) is 22.8 Å². The Labute approximate surface area is 125 Å². The maximum absolute atomic E-state index is 5.36. The molecule has 0 saturated carbocycles. The Kier molecular flexibility index (Phi) is 5.90. The minimum atomic E-state index is 0.664. The second-order valence-corrected chi connectivity index (χ2v) is 5.02. The molecule has 0 spiro atoms. The zero-order valence-corrected chi connectivity index (χ0v) is 13.0. The smallest absolute Gasteiger partial charge is 0.196 e. The lowest BCUT2D eigenvalue weighted by Crippen LogP contribution is -2.20. The van der Waals surface area contributed by atoms with Gasteiger partial charge in [0, 0.05) is 25.0 Å². The summed E-state index contributed by atoms with van der Waals surface area (Å²) in [5.74, 6) is 1.38. The molecule has 2 rings (SSSR count). The Hall–Kier alpha value is -1.72. The summed E-state index contributed by atoms with van der Waals surface area (Å²) in [6, 6.07) is 3.73. The predicted molar refractivity (Wildman–Crippen MR) is 82.3 cm³/mol. The molecule has 2 aromatic heterocycles. The molecule has 0 bridgehead atoms. The standard InChI is InChI=1S/C16H23N3O2/c1-12-14(6-4-8-17-9-11-20-3)13(2)19-16(18-12)15-7-5-10-21-15/h5,7,10,17H,4,6,8-9,11H2,1-3H3. The fraction of sp³-hybridized carbons (Fsp3) is 0.500. The summed E-state index contributed by atoms with van der Waals surface area (Å²) in [5.41, 5.74) is 3.30. The number of nitrogens with zero attached hydrogens (tertiary/aromatic N) is 2. The van der Waals surface area contributed by atoms with Crippen molar-refractivity contribution in [3.8, 4) is 11.6 Å². The average molecular weight is 289 g/mol. The van der Waals surface area contributed by atoms with E-state index >= 15 is 0 Å². The molecular formula is C16H23N3O2. The first kappa shape index (κ1) is 15.7. The number of aromatic nitrogens is 2. The van der Waals surface area contributed by atoms with Gasteiger partial charge in [-0.05, 0) is 50.9 Å². The average Bonchev–Trinajstić information content (AvgIpc) is 2.99. The SMILES string of the molecule is COCCNCCCc1c(C)nc(-c2ccco2)nc1C. The molecule has 5 heteroatoms. The van der Waals surface area contributed by atoms with E-state index in [-0.39, 0.29) is 0 Å². The van der Waals surface area contributed by atoms with Crippen LogP contribution in [-0.2, 0) is 11.2 Å². The molecular weight excluding hydrogens is 266 g/mol. The quantitative estimate of drug-likeness (QED) is 0.757. The molecule has 2 heterocycles. The van der Waals surface area contributed by atoms with Crippen molar-refractivity contribution in [3.63, 3.8) is 0 Å². The molecule has 5 nitrogen and oxygen atoms in total. The van der Waals surface area contributed by atoms with Gasteiger partial charge < -0.3 is 14.5 Å². The largest absolute Gasteiger partial charge is 0.461 e. The van der Waals surface area contributed by atoms with E-state index in [0.717, 1.165) is 43.9 Å². The molecule has 0 aliphatic carbocycles. The highest BCUT2D eigenvalue weighted by Crippen LogP contribution is 2.19. The van der Waals surface area contributed by atoms with Gasteiger partial charge in [-0.15, -0.1) is 0 Å². The highest BCUT2D eigenvalue weighted by molar-refractivity contribution is 5.47. The van der Waals surface area contributed by atoms with Crippen LogP contribution in [-0.4, -0.2) is 36.8 Å². The molecule has 0 radical (unpaired) electrons. The van der Waals surface area contributed by atoms with Gasteiger partial charge in [0.25, 0.3) is 0 Å². The van der Waals surface area contributed by atoms with Crippen LogP contribution in [0.2, 0.25) is 0 Å². The Morgan fingerprint density at radius 1 is 1.19 bits per heavy atom. The molecule has 0 amide bonds. The molecule has 21 heavy (non-hydrogen) atoms. The van der Waals surface area contributed by atoms with Gasteiger partial charge >= 0.3 is 0 Å². The van der Waals surface area contributed by atoms with E-state index in [1.807, 2.05) is 26.0 Å². The van der Waals surface area contributed by atoms with Gasteiger partial charge in [0.15, 0.2) is 11.6 Å². The van der Waals surface area contributed by atoms with Crippen molar-refractivity contribution in [2.45, 2.75) is 26.7 Å². The van der Waals surface area contributed by atoms with Gasteiger partial charge in [-0.25, -0.2) is 9.97 Å². The third-order valence-electron chi connectivity index (χ3n) is 3.43. The number of methoxy groups -OCH3 is 1. The maximum Gasteiger partial charge on any atom is 0.196 e. The van der Waals surface area contributed by atoms with Crippen molar-refractivity contribution < 1.29 is 9.15 Å². The van der Waals surface area contributed by atoms with Gasteiger partial charge in [0.1, 0.15) is 0 Å². The Morgan fingerprint density at radius 2 is 1.95 bits per heavy atom. The van der Waals surface area contributed by atoms with Gasteiger partial charge in [-0.1, -0.05) is 0 Å². The Balaban J connectivity index is 1.95. The monoisotopic (exact) mass is 289 g/mol. The van der Waals surface area contributed by atoms with Crippen molar-refractivity contribution >= 4 is 0 Å². The van der Waals surface area contributed by atoms with Crippen molar-refractivity contribution in [3.05, 3.63) is 35.3 Å². The summed E-state index contributed by atoms with van der Waals surface area (Å²) in [4.78, 5) is 9.12. The van der Waals surface area contributed by atoms with Crippen molar-refractivity contribution in [1.29, 1.82) is 0 Å². The second-order valence-electron chi connectivity index (χ2n) is 5.02. The minimum Gasteiger partial charge on any atom is -0.461 e.